The lowest BCUT2D eigenvalue weighted by Gasteiger charge is -2.00. The lowest BCUT2D eigenvalue weighted by atomic mass is 10.1. The predicted molar refractivity (Wildman–Crippen MR) is 48.4 cm³/mol. The van der Waals surface area contributed by atoms with E-state index in [4.69, 9.17) is 0 Å². The van der Waals surface area contributed by atoms with Crippen molar-refractivity contribution >= 4 is 18.0 Å². The number of benzene rings is 1. The summed E-state index contributed by atoms with van der Waals surface area (Å²) in [7, 11) is 0. The third kappa shape index (κ3) is 0.686. The molecule has 0 bridgehead atoms. The summed E-state index contributed by atoms with van der Waals surface area (Å²) < 4.78 is 0. The highest BCUT2D eigenvalue weighted by Gasteiger charge is 2.56. The van der Waals surface area contributed by atoms with Crippen molar-refractivity contribution in [3.63, 3.8) is 0 Å². The van der Waals surface area contributed by atoms with Gasteiger partial charge in [0.15, 0.2) is 0 Å². The molecule has 1 heterocycles. The number of hydrogen-bond acceptors (Lipinski definition) is 2. The first-order valence-corrected chi connectivity index (χ1v) is 5.00. The van der Waals surface area contributed by atoms with Gasteiger partial charge >= 0.3 is 0 Å². The van der Waals surface area contributed by atoms with Crippen molar-refractivity contribution < 1.29 is 4.79 Å². The van der Waals surface area contributed by atoms with Gasteiger partial charge < -0.3 is 4.79 Å². The second-order valence-electron chi connectivity index (χ2n) is 3.36. The van der Waals surface area contributed by atoms with Crippen LogP contribution in [0.5, 0.6) is 0 Å². The molecule has 0 spiro atoms. The number of fused-ring (bicyclic) bond motifs is 3. The van der Waals surface area contributed by atoms with E-state index < -0.39 is 0 Å². The summed E-state index contributed by atoms with van der Waals surface area (Å²) >= 11 is 1.87. The molecule has 0 amide bonds. The van der Waals surface area contributed by atoms with Crippen LogP contribution in [0.4, 0.5) is 0 Å². The number of carbonyl (C=O) groups is 1. The first kappa shape index (κ1) is 6.72. The molecule has 0 aromatic heterocycles. The average Bonchev–Trinajstić information content (AvgIpc) is 2.68. The molecule has 1 aliphatic heterocycles. The summed E-state index contributed by atoms with van der Waals surface area (Å²) in [6, 6.07) is 8.42. The maximum Gasteiger partial charge on any atom is 0.124 e. The van der Waals surface area contributed by atoms with Crippen LogP contribution >= 0.6 is 11.8 Å². The summed E-state index contributed by atoms with van der Waals surface area (Å²) in [5.74, 6) is 0.855. The van der Waals surface area contributed by atoms with Crippen LogP contribution in [0.1, 0.15) is 11.5 Å². The monoisotopic (exact) mass is 176 g/mol. The zero-order valence-corrected chi connectivity index (χ0v) is 7.25. The molecule has 1 saturated carbocycles. The van der Waals surface area contributed by atoms with Gasteiger partial charge in [0.1, 0.15) is 6.29 Å². The number of rotatable bonds is 1. The highest BCUT2D eigenvalue weighted by atomic mass is 32.2. The molecule has 1 aromatic carbocycles. The van der Waals surface area contributed by atoms with E-state index >= 15 is 0 Å². The fraction of sp³-hybridized carbons (Fsp3) is 0.300. The molecule has 2 aliphatic rings. The number of aldehydes is 1. The molecule has 0 saturated heterocycles. The van der Waals surface area contributed by atoms with E-state index in [1.807, 2.05) is 11.8 Å². The molecule has 3 rings (SSSR count). The van der Waals surface area contributed by atoms with Gasteiger partial charge in [-0.25, -0.2) is 0 Å². The zero-order chi connectivity index (χ0) is 8.13. The normalized spacial score (nSPS) is 35.5. The van der Waals surface area contributed by atoms with Crippen molar-refractivity contribution in [2.24, 2.45) is 5.92 Å². The molecule has 1 fully saturated rings. The molecule has 12 heavy (non-hydrogen) atoms. The highest BCUT2D eigenvalue weighted by molar-refractivity contribution is 8.00. The van der Waals surface area contributed by atoms with E-state index in [0.29, 0.717) is 17.1 Å². The van der Waals surface area contributed by atoms with E-state index in [0.717, 1.165) is 6.29 Å². The van der Waals surface area contributed by atoms with Gasteiger partial charge in [-0.15, -0.1) is 11.8 Å². The molecular weight excluding hydrogens is 168 g/mol. The average molecular weight is 176 g/mol. The third-order valence-electron chi connectivity index (χ3n) is 2.71. The molecule has 2 heteroatoms. The van der Waals surface area contributed by atoms with Gasteiger partial charge in [-0.1, -0.05) is 18.2 Å². The van der Waals surface area contributed by atoms with Crippen LogP contribution in [0.3, 0.4) is 0 Å². The van der Waals surface area contributed by atoms with Gasteiger partial charge in [0.25, 0.3) is 0 Å². The molecule has 1 aromatic rings. The standard InChI is InChI=1S/C10H8OS/c11-5-7-9-6-3-1-2-4-8(6)12-10(7)9/h1-5,7,9-10H. The van der Waals surface area contributed by atoms with Crippen LogP contribution in [0.15, 0.2) is 29.2 Å². The minimum absolute atomic E-state index is 0.310. The fourth-order valence-electron chi connectivity index (χ4n) is 2.01. The summed E-state index contributed by atoms with van der Waals surface area (Å²) in [6.45, 7) is 0. The van der Waals surface area contributed by atoms with Crippen molar-refractivity contribution in [1.29, 1.82) is 0 Å². The minimum atomic E-state index is 0.310. The van der Waals surface area contributed by atoms with Crippen molar-refractivity contribution in [3.8, 4) is 0 Å². The molecule has 60 valence electrons. The summed E-state index contributed by atoms with van der Waals surface area (Å²) in [5, 5.41) is 0.569. The van der Waals surface area contributed by atoms with Gasteiger partial charge in [-0.2, -0.15) is 0 Å². The summed E-state index contributed by atoms with van der Waals surface area (Å²) in [4.78, 5) is 12.0. The fourth-order valence-corrected chi connectivity index (χ4v) is 3.58. The Balaban J connectivity index is 2.05. The van der Waals surface area contributed by atoms with Crippen LogP contribution in [-0.2, 0) is 4.79 Å². The Morgan fingerprint density at radius 1 is 1.33 bits per heavy atom. The molecule has 0 N–H and O–H groups in total. The Kier molecular flexibility index (Phi) is 1.20. The van der Waals surface area contributed by atoms with Crippen LogP contribution in [0.25, 0.3) is 0 Å². The van der Waals surface area contributed by atoms with Crippen molar-refractivity contribution in [2.45, 2.75) is 16.1 Å². The molecule has 1 nitrogen and oxygen atoms in total. The molecular formula is C10H8OS. The second kappa shape index (κ2) is 2.13. The Labute approximate surface area is 75.2 Å². The van der Waals surface area contributed by atoms with Crippen molar-refractivity contribution in [2.75, 3.05) is 0 Å². The Bertz CT molecular complexity index is 347. The van der Waals surface area contributed by atoms with Crippen LogP contribution < -0.4 is 0 Å². The lowest BCUT2D eigenvalue weighted by Crippen LogP contribution is -1.88. The molecule has 3 unspecified atom stereocenters. The zero-order valence-electron chi connectivity index (χ0n) is 6.44. The second-order valence-corrected chi connectivity index (χ2v) is 4.58. The topological polar surface area (TPSA) is 17.1 Å². The van der Waals surface area contributed by atoms with Gasteiger partial charge in [0.2, 0.25) is 0 Å². The minimum Gasteiger partial charge on any atom is -0.303 e. The predicted octanol–water partition coefficient (Wildman–Crippen LogP) is 2.07. The van der Waals surface area contributed by atoms with Crippen LogP contribution in [0.2, 0.25) is 0 Å². The highest BCUT2D eigenvalue weighted by Crippen LogP contribution is 2.63. The van der Waals surface area contributed by atoms with Gasteiger partial charge in [0, 0.05) is 22.0 Å². The lowest BCUT2D eigenvalue weighted by molar-refractivity contribution is -0.108. The Morgan fingerprint density at radius 2 is 2.17 bits per heavy atom. The van der Waals surface area contributed by atoms with Gasteiger partial charge in [0.05, 0.1) is 0 Å². The van der Waals surface area contributed by atoms with Crippen LogP contribution in [0, 0.1) is 5.92 Å². The molecule has 1 aliphatic carbocycles. The first-order valence-electron chi connectivity index (χ1n) is 4.12. The number of thioether (sulfide) groups is 1. The summed E-state index contributed by atoms with van der Waals surface area (Å²) in [6.07, 6.45) is 1.11. The van der Waals surface area contributed by atoms with E-state index in [1.165, 1.54) is 10.5 Å². The number of carbonyl (C=O) groups excluding carboxylic acids is 1. The largest absolute Gasteiger partial charge is 0.303 e. The van der Waals surface area contributed by atoms with E-state index in [-0.39, 0.29) is 0 Å². The summed E-state index contributed by atoms with van der Waals surface area (Å²) in [5.41, 5.74) is 1.39. The SMILES string of the molecule is O=CC1C2Sc3ccccc3C12. The van der Waals surface area contributed by atoms with Crippen LogP contribution in [-0.4, -0.2) is 11.5 Å². The smallest absolute Gasteiger partial charge is 0.124 e. The Morgan fingerprint density at radius 3 is 3.00 bits per heavy atom. The van der Waals surface area contributed by atoms with E-state index in [2.05, 4.69) is 24.3 Å². The number of hydrogen-bond donors (Lipinski definition) is 0. The molecule has 3 atom stereocenters. The van der Waals surface area contributed by atoms with Gasteiger partial charge in [-0.05, 0) is 11.6 Å². The van der Waals surface area contributed by atoms with Crippen molar-refractivity contribution in [1.82, 2.24) is 0 Å². The van der Waals surface area contributed by atoms with Gasteiger partial charge in [-0.3, -0.25) is 0 Å². The maximum atomic E-state index is 10.6. The first-order chi connectivity index (χ1) is 5.92. The maximum absolute atomic E-state index is 10.6. The Hall–Kier alpha value is -0.760. The van der Waals surface area contributed by atoms with E-state index in [1.54, 1.807) is 0 Å². The van der Waals surface area contributed by atoms with Crippen molar-refractivity contribution in [3.05, 3.63) is 29.8 Å². The third-order valence-corrected chi connectivity index (χ3v) is 4.21. The quantitative estimate of drug-likeness (QED) is 0.609. The van der Waals surface area contributed by atoms with E-state index in [9.17, 15) is 4.79 Å². The molecule has 0 radical (unpaired) electrons.